The molecule has 1 atom stereocenters. The number of H-pyrrole nitrogens is 1. The van der Waals surface area contributed by atoms with Crippen LogP contribution in [0.25, 0.3) is 10.9 Å². The molecule has 0 unspecified atom stereocenters. The number of fused-ring (bicyclic) bond motifs is 4. The fourth-order valence-corrected chi connectivity index (χ4v) is 4.65. The lowest BCUT2D eigenvalue weighted by Crippen LogP contribution is -2.45. The van der Waals surface area contributed by atoms with E-state index in [0.29, 0.717) is 18.7 Å². The summed E-state index contributed by atoms with van der Waals surface area (Å²) >= 11 is 0. The molecule has 0 saturated heterocycles. The minimum absolute atomic E-state index is 0.0466. The van der Waals surface area contributed by atoms with E-state index in [0.717, 1.165) is 23.7 Å². The number of amides is 2. The molecule has 1 aromatic heterocycles. The van der Waals surface area contributed by atoms with Crippen molar-refractivity contribution < 1.29 is 9.59 Å². The highest BCUT2D eigenvalue weighted by Crippen LogP contribution is 2.30. The van der Waals surface area contributed by atoms with Crippen LogP contribution in [-0.2, 0) is 30.7 Å². The van der Waals surface area contributed by atoms with Crippen molar-refractivity contribution in [2.75, 3.05) is 0 Å². The molecular formula is C24H25N3O2. The quantitative estimate of drug-likeness (QED) is 0.720. The summed E-state index contributed by atoms with van der Waals surface area (Å²) in [6, 6.07) is 13.3. The first kappa shape index (κ1) is 18.0. The summed E-state index contributed by atoms with van der Waals surface area (Å²) < 4.78 is 0. The summed E-state index contributed by atoms with van der Waals surface area (Å²) in [7, 11) is 0. The molecule has 1 aliphatic carbocycles. The van der Waals surface area contributed by atoms with Gasteiger partial charge in [-0.2, -0.15) is 0 Å². The van der Waals surface area contributed by atoms with Crippen LogP contribution in [0.5, 0.6) is 0 Å². The van der Waals surface area contributed by atoms with Gasteiger partial charge in [0.05, 0.1) is 0 Å². The van der Waals surface area contributed by atoms with Gasteiger partial charge < -0.3 is 15.2 Å². The number of carbonyl (C=O) groups excluding carboxylic acids is 2. The summed E-state index contributed by atoms with van der Waals surface area (Å²) in [5, 5.41) is 4.04. The van der Waals surface area contributed by atoms with Crippen molar-refractivity contribution in [2.45, 2.75) is 51.7 Å². The van der Waals surface area contributed by atoms with Crippen molar-refractivity contribution in [3.05, 3.63) is 70.4 Å². The van der Waals surface area contributed by atoms with Crippen LogP contribution in [0.2, 0.25) is 0 Å². The average Bonchev–Trinajstić information content (AvgIpc) is 3.34. The van der Waals surface area contributed by atoms with Gasteiger partial charge in [-0.25, -0.2) is 0 Å². The van der Waals surface area contributed by atoms with Crippen LogP contribution in [0.1, 0.15) is 52.5 Å². The third-order valence-corrected chi connectivity index (χ3v) is 6.23. The van der Waals surface area contributed by atoms with Gasteiger partial charge in [-0.15, -0.1) is 0 Å². The number of rotatable bonds is 3. The number of nitrogens with one attached hydrogen (secondary N) is 2. The average molecular weight is 387 g/mol. The van der Waals surface area contributed by atoms with Gasteiger partial charge in [0.15, 0.2) is 0 Å². The molecule has 2 heterocycles. The van der Waals surface area contributed by atoms with Gasteiger partial charge >= 0.3 is 0 Å². The Bertz CT molecular complexity index is 1090. The highest BCUT2D eigenvalue weighted by molar-refractivity contribution is 6.01. The molecule has 0 spiro atoms. The van der Waals surface area contributed by atoms with Crippen molar-refractivity contribution in [3.63, 3.8) is 0 Å². The number of aryl methyl sites for hydroxylation is 2. The van der Waals surface area contributed by atoms with Gasteiger partial charge in [-0.1, -0.05) is 24.3 Å². The first-order valence-electron chi connectivity index (χ1n) is 10.4. The van der Waals surface area contributed by atoms with E-state index in [1.807, 2.05) is 30.3 Å². The summed E-state index contributed by atoms with van der Waals surface area (Å²) in [5.74, 6) is -0.245. The molecule has 2 aliphatic rings. The number of aromatic nitrogens is 1. The maximum Gasteiger partial charge on any atom is 0.251 e. The van der Waals surface area contributed by atoms with Gasteiger partial charge in [0.25, 0.3) is 5.91 Å². The Morgan fingerprint density at radius 1 is 1.03 bits per heavy atom. The van der Waals surface area contributed by atoms with Crippen LogP contribution in [-0.4, -0.2) is 27.7 Å². The molecule has 5 heteroatoms. The lowest BCUT2D eigenvalue weighted by Gasteiger charge is -2.21. The minimum Gasteiger partial charge on any atom is -0.358 e. The summed E-state index contributed by atoms with van der Waals surface area (Å²) in [4.78, 5) is 31.0. The van der Waals surface area contributed by atoms with E-state index in [9.17, 15) is 9.59 Å². The van der Waals surface area contributed by atoms with Gasteiger partial charge in [0, 0.05) is 35.2 Å². The SMILES string of the molecule is C[C@H](NC(=O)c1ccc2[nH]c3c(c2c1)CCCC3)C(=O)N1Cc2ccccc2C1. The van der Waals surface area contributed by atoms with Crippen LogP contribution in [0.4, 0.5) is 0 Å². The monoisotopic (exact) mass is 387 g/mol. The Morgan fingerprint density at radius 2 is 1.76 bits per heavy atom. The van der Waals surface area contributed by atoms with Crippen molar-refractivity contribution in [1.82, 2.24) is 15.2 Å². The standard InChI is InChI=1S/C24H25N3O2/c1-15(24(29)27-13-17-6-2-3-7-18(17)14-27)25-23(28)16-10-11-22-20(12-16)19-8-4-5-9-21(19)26-22/h2-3,6-7,10-12,15,26H,4-5,8-9,13-14H2,1H3,(H,25,28)/t15-/m0/s1. The van der Waals surface area contributed by atoms with Crippen LogP contribution < -0.4 is 5.32 Å². The van der Waals surface area contributed by atoms with E-state index in [1.165, 1.54) is 35.2 Å². The Morgan fingerprint density at radius 3 is 2.52 bits per heavy atom. The molecule has 0 bridgehead atoms. The number of hydrogen-bond acceptors (Lipinski definition) is 2. The number of nitrogens with zero attached hydrogens (tertiary/aromatic N) is 1. The molecule has 0 fully saturated rings. The van der Waals surface area contributed by atoms with Crippen molar-refractivity contribution in [3.8, 4) is 0 Å². The minimum atomic E-state index is -0.562. The predicted molar refractivity (Wildman–Crippen MR) is 113 cm³/mol. The second kappa shape index (κ2) is 7.07. The van der Waals surface area contributed by atoms with E-state index in [4.69, 9.17) is 0 Å². The lowest BCUT2D eigenvalue weighted by atomic mass is 9.95. The van der Waals surface area contributed by atoms with Crippen molar-refractivity contribution >= 4 is 22.7 Å². The second-order valence-corrected chi connectivity index (χ2v) is 8.21. The first-order valence-corrected chi connectivity index (χ1v) is 10.4. The Balaban J connectivity index is 1.30. The fourth-order valence-electron chi connectivity index (χ4n) is 4.65. The zero-order chi connectivity index (χ0) is 20.0. The maximum atomic E-state index is 12.8. The lowest BCUT2D eigenvalue weighted by molar-refractivity contribution is -0.133. The van der Waals surface area contributed by atoms with Crippen LogP contribution in [0.3, 0.4) is 0 Å². The van der Waals surface area contributed by atoms with Gasteiger partial charge in [0.2, 0.25) is 5.91 Å². The van der Waals surface area contributed by atoms with Crippen LogP contribution in [0.15, 0.2) is 42.5 Å². The van der Waals surface area contributed by atoms with Gasteiger partial charge in [0.1, 0.15) is 6.04 Å². The van der Waals surface area contributed by atoms with Gasteiger partial charge in [-0.3, -0.25) is 9.59 Å². The van der Waals surface area contributed by atoms with E-state index in [1.54, 1.807) is 11.8 Å². The first-order chi connectivity index (χ1) is 14.1. The summed E-state index contributed by atoms with van der Waals surface area (Å²) in [6.07, 6.45) is 4.55. The molecule has 2 aromatic carbocycles. The molecule has 5 rings (SSSR count). The normalized spacial score (nSPS) is 16.4. The molecule has 0 radical (unpaired) electrons. The third-order valence-electron chi connectivity index (χ3n) is 6.23. The number of carbonyl (C=O) groups is 2. The van der Waals surface area contributed by atoms with Crippen LogP contribution >= 0.6 is 0 Å². The highest BCUT2D eigenvalue weighted by atomic mass is 16.2. The molecule has 3 aromatic rings. The van der Waals surface area contributed by atoms with E-state index in [-0.39, 0.29) is 11.8 Å². The summed E-state index contributed by atoms with van der Waals surface area (Å²) in [5.41, 5.74) is 6.71. The fraction of sp³-hybridized carbons (Fsp3) is 0.333. The Labute approximate surface area is 170 Å². The zero-order valence-corrected chi connectivity index (χ0v) is 16.6. The second-order valence-electron chi connectivity index (χ2n) is 8.21. The van der Waals surface area contributed by atoms with E-state index < -0.39 is 6.04 Å². The zero-order valence-electron chi connectivity index (χ0n) is 16.6. The molecule has 29 heavy (non-hydrogen) atoms. The maximum absolute atomic E-state index is 12.8. The summed E-state index contributed by atoms with van der Waals surface area (Å²) in [6.45, 7) is 2.98. The molecule has 148 valence electrons. The van der Waals surface area contributed by atoms with E-state index in [2.05, 4.69) is 22.4 Å². The van der Waals surface area contributed by atoms with Crippen LogP contribution in [0, 0.1) is 0 Å². The largest absolute Gasteiger partial charge is 0.358 e. The number of aromatic amines is 1. The highest BCUT2D eigenvalue weighted by Gasteiger charge is 2.27. The molecule has 2 N–H and O–H groups in total. The molecule has 0 saturated carbocycles. The smallest absolute Gasteiger partial charge is 0.251 e. The van der Waals surface area contributed by atoms with E-state index >= 15 is 0 Å². The van der Waals surface area contributed by atoms with Gasteiger partial charge in [-0.05, 0) is 67.5 Å². The topological polar surface area (TPSA) is 65.2 Å². The number of benzene rings is 2. The molecule has 2 amide bonds. The van der Waals surface area contributed by atoms with Crippen molar-refractivity contribution in [2.24, 2.45) is 0 Å². The van der Waals surface area contributed by atoms with Crippen molar-refractivity contribution in [1.29, 1.82) is 0 Å². The molecular weight excluding hydrogens is 362 g/mol. The number of hydrogen-bond donors (Lipinski definition) is 2. The third kappa shape index (κ3) is 3.20. The predicted octanol–water partition coefficient (Wildman–Crippen LogP) is 3.71. The Hall–Kier alpha value is -3.08. The molecule has 1 aliphatic heterocycles. The molecule has 5 nitrogen and oxygen atoms in total. The Kier molecular flexibility index (Phi) is 4.38.